The predicted molar refractivity (Wildman–Crippen MR) is 98.8 cm³/mol. The largest absolute Gasteiger partial charge is 0.486 e. The van der Waals surface area contributed by atoms with Crippen LogP contribution in [-0.4, -0.2) is 24.9 Å². The van der Waals surface area contributed by atoms with Crippen LogP contribution in [0.4, 0.5) is 5.69 Å². The van der Waals surface area contributed by atoms with E-state index in [2.05, 4.69) is 27.9 Å². The van der Waals surface area contributed by atoms with Crippen molar-refractivity contribution in [1.82, 2.24) is 0 Å². The summed E-state index contributed by atoms with van der Waals surface area (Å²) in [7, 11) is 0. The number of halogens is 1. The molecule has 1 aliphatic heterocycles. The summed E-state index contributed by atoms with van der Waals surface area (Å²) in [5.41, 5.74) is 1.26. The fourth-order valence-corrected chi connectivity index (χ4v) is 2.70. The number of nitrogens with one attached hydrogen (secondary N) is 1. The normalized spacial score (nSPS) is 12.5. The van der Waals surface area contributed by atoms with Gasteiger partial charge in [0.1, 0.15) is 13.2 Å². The zero-order valence-corrected chi connectivity index (χ0v) is 15.0. The molecule has 0 atom stereocenters. The first-order valence-corrected chi connectivity index (χ1v) is 8.68. The van der Waals surface area contributed by atoms with Crippen molar-refractivity contribution in [3.05, 3.63) is 51.6 Å². The van der Waals surface area contributed by atoms with Gasteiger partial charge in [0.05, 0.1) is 0 Å². The number of hydrogen-bond acceptors (Lipinski definition) is 4. The van der Waals surface area contributed by atoms with E-state index >= 15 is 0 Å². The van der Waals surface area contributed by atoms with Crippen molar-refractivity contribution < 1.29 is 19.1 Å². The third-order valence-corrected chi connectivity index (χ3v) is 4.29. The first-order valence-electron chi connectivity index (χ1n) is 7.60. The minimum absolute atomic E-state index is 0.0928. The number of ketones is 1. The lowest BCUT2D eigenvalue weighted by Crippen LogP contribution is -2.16. The van der Waals surface area contributed by atoms with E-state index in [1.165, 1.54) is 0 Å². The molecule has 1 aliphatic rings. The van der Waals surface area contributed by atoms with Crippen molar-refractivity contribution in [1.29, 1.82) is 0 Å². The molecule has 0 spiro atoms. The first kappa shape index (κ1) is 16.8. The van der Waals surface area contributed by atoms with Crippen LogP contribution in [0.25, 0.3) is 0 Å². The van der Waals surface area contributed by atoms with E-state index in [0.29, 0.717) is 30.3 Å². The standard InChI is InChI=1S/C18H16INO4/c19-13-2-4-14(5-3-13)20-18(22)8-6-15(21)12-1-7-16-17(11-12)24-10-9-23-16/h1-5,7,11H,6,8-10H2,(H,20,22). The topological polar surface area (TPSA) is 64.6 Å². The highest BCUT2D eigenvalue weighted by Gasteiger charge is 2.15. The summed E-state index contributed by atoms with van der Waals surface area (Å²) in [6.07, 6.45) is 0.287. The van der Waals surface area contributed by atoms with Gasteiger partial charge in [-0.15, -0.1) is 0 Å². The zero-order valence-electron chi connectivity index (χ0n) is 12.9. The van der Waals surface area contributed by atoms with Crippen LogP contribution in [0, 0.1) is 3.57 Å². The molecule has 2 aromatic carbocycles. The van der Waals surface area contributed by atoms with Crippen molar-refractivity contribution in [3.8, 4) is 11.5 Å². The predicted octanol–water partition coefficient (Wildman–Crippen LogP) is 3.66. The minimum Gasteiger partial charge on any atom is -0.486 e. The van der Waals surface area contributed by atoms with Crippen LogP contribution in [0.2, 0.25) is 0 Å². The number of fused-ring (bicyclic) bond motifs is 1. The molecule has 0 unspecified atom stereocenters. The Morgan fingerprint density at radius 3 is 2.42 bits per heavy atom. The Labute approximate surface area is 153 Å². The summed E-state index contributed by atoms with van der Waals surface area (Å²) in [4.78, 5) is 24.2. The van der Waals surface area contributed by atoms with Gasteiger partial charge in [0.25, 0.3) is 0 Å². The van der Waals surface area contributed by atoms with E-state index in [1.807, 2.05) is 24.3 Å². The van der Waals surface area contributed by atoms with Crippen molar-refractivity contribution in [2.24, 2.45) is 0 Å². The first-order chi connectivity index (χ1) is 11.6. The van der Waals surface area contributed by atoms with E-state index in [9.17, 15) is 9.59 Å². The fourth-order valence-electron chi connectivity index (χ4n) is 2.34. The van der Waals surface area contributed by atoms with Gasteiger partial charge in [-0.2, -0.15) is 0 Å². The number of anilines is 1. The average Bonchev–Trinajstić information content (AvgIpc) is 2.61. The number of hydrogen-bond donors (Lipinski definition) is 1. The van der Waals surface area contributed by atoms with Gasteiger partial charge in [0.15, 0.2) is 17.3 Å². The van der Waals surface area contributed by atoms with Gasteiger partial charge in [0.2, 0.25) is 5.91 Å². The van der Waals surface area contributed by atoms with Gasteiger partial charge in [0, 0.05) is 27.7 Å². The number of carbonyl (C=O) groups is 2. The number of amides is 1. The SMILES string of the molecule is O=C(CCC(=O)c1ccc2c(c1)OCCO2)Nc1ccc(I)cc1. The summed E-state index contributed by atoms with van der Waals surface area (Å²) >= 11 is 2.20. The van der Waals surface area contributed by atoms with Crippen LogP contribution in [0.1, 0.15) is 23.2 Å². The van der Waals surface area contributed by atoms with Crippen LogP contribution in [0.5, 0.6) is 11.5 Å². The van der Waals surface area contributed by atoms with E-state index in [4.69, 9.17) is 9.47 Å². The van der Waals surface area contributed by atoms with Gasteiger partial charge in [-0.25, -0.2) is 0 Å². The molecule has 24 heavy (non-hydrogen) atoms. The molecule has 0 aromatic heterocycles. The molecule has 3 rings (SSSR count). The van der Waals surface area contributed by atoms with Gasteiger partial charge < -0.3 is 14.8 Å². The lowest BCUT2D eigenvalue weighted by molar-refractivity contribution is -0.116. The molecular weight excluding hydrogens is 421 g/mol. The molecule has 5 nitrogen and oxygen atoms in total. The number of rotatable bonds is 5. The van der Waals surface area contributed by atoms with Crippen LogP contribution >= 0.6 is 22.6 Å². The number of ether oxygens (including phenoxy) is 2. The molecule has 1 N–H and O–H groups in total. The molecule has 0 saturated carbocycles. The highest BCUT2D eigenvalue weighted by Crippen LogP contribution is 2.31. The minimum atomic E-state index is -0.179. The van der Waals surface area contributed by atoms with Gasteiger partial charge in [-0.1, -0.05) is 0 Å². The summed E-state index contributed by atoms with van der Waals surface area (Å²) in [5, 5.41) is 2.79. The molecule has 0 saturated heterocycles. The molecule has 0 radical (unpaired) electrons. The number of benzene rings is 2. The zero-order chi connectivity index (χ0) is 16.9. The molecular formula is C18H16INO4. The Bertz CT molecular complexity index is 758. The van der Waals surface area contributed by atoms with E-state index in [1.54, 1.807) is 18.2 Å². The smallest absolute Gasteiger partial charge is 0.224 e. The summed E-state index contributed by atoms with van der Waals surface area (Å²) in [6.45, 7) is 0.988. The molecule has 1 amide bonds. The van der Waals surface area contributed by atoms with Crippen LogP contribution in [-0.2, 0) is 4.79 Å². The summed E-state index contributed by atoms with van der Waals surface area (Å²) in [5.74, 6) is 0.955. The third kappa shape index (κ3) is 4.25. The highest BCUT2D eigenvalue weighted by atomic mass is 127. The van der Waals surface area contributed by atoms with Gasteiger partial charge in [-0.05, 0) is 65.1 Å². The summed E-state index contributed by atoms with van der Waals surface area (Å²) in [6, 6.07) is 12.6. The fraction of sp³-hybridized carbons (Fsp3) is 0.222. The van der Waals surface area contributed by atoms with E-state index < -0.39 is 0 Å². The average molecular weight is 437 g/mol. The molecule has 0 bridgehead atoms. The highest BCUT2D eigenvalue weighted by molar-refractivity contribution is 14.1. The molecule has 1 heterocycles. The second-order valence-electron chi connectivity index (χ2n) is 5.34. The molecule has 0 fully saturated rings. The van der Waals surface area contributed by atoms with E-state index in [0.717, 1.165) is 9.26 Å². The molecule has 0 aliphatic carbocycles. The van der Waals surface area contributed by atoms with Gasteiger partial charge >= 0.3 is 0 Å². The second kappa shape index (κ2) is 7.65. The molecule has 124 valence electrons. The Kier molecular flexibility index (Phi) is 5.34. The number of carbonyl (C=O) groups excluding carboxylic acids is 2. The van der Waals surface area contributed by atoms with Crippen molar-refractivity contribution in [2.75, 3.05) is 18.5 Å². The molecule has 2 aromatic rings. The Morgan fingerprint density at radius 1 is 0.958 bits per heavy atom. The van der Waals surface area contributed by atoms with Crippen molar-refractivity contribution in [2.45, 2.75) is 12.8 Å². The quantitative estimate of drug-likeness (QED) is 0.573. The summed E-state index contributed by atoms with van der Waals surface area (Å²) < 4.78 is 12.0. The Morgan fingerprint density at radius 2 is 1.67 bits per heavy atom. The van der Waals surface area contributed by atoms with Gasteiger partial charge in [-0.3, -0.25) is 9.59 Å². The maximum Gasteiger partial charge on any atom is 0.224 e. The lowest BCUT2D eigenvalue weighted by Gasteiger charge is -2.18. The van der Waals surface area contributed by atoms with Crippen molar-refractivity contribution in [3.63, 3.8) is 0 Å². The Hall–Kier alpha value is -2.09. The monoisotopic (exact) mass is 437 g/mol. The number of Topliss-reactive ketones (excluding diaryl/α,β-unsaturated/α-hetero) is 1. The third-order valence-electron chi connectivity index (χ3n) is 3.57. The van der Waals surface area contributed by atoms with E-state index in [-0.39, 0.29) is 24.5 Å². The van der Waals surface area contributed by atoms with Crippen LogP contribution in [0.3, 0.4) is 0 Å². The maximum atomic E-state index is 12.3. The second-order valence-corrected chi connectivity index (χ2v) is 6.58. The Balaban J connectivity index is 1.55. The molecule has 6 heteroatoms. The lowest BCUT2D eigenvalue weighted by atomic mass is 10.1. The van der Waals surface area contributed by atoms with Crippen LogP contribution < -0.4 is 14.8 Å². The van der Waals surface area contributed by atoms with Crippen molar-refractivity contribution >= 4 is 40.0 Å². The maximum absolute atomic E-state index is 12.3. The van der Waals surface area contributed by atoms with Crippen LogP contribution in [0.15, 0.2) is 42.5 Å².